The van der Waals surface area contributed by atoms with E-state index >= 15 is 0 Å². The van der Waals surface area contributed by atoms with Crippen LogP contribution in [0.25, 0.3) is 0 Å². The Bertz CT molecular complexity index is 1040. The average Bonchev–Trinajstić information content (AvgIpc) is 2.79. The fourth-order valence-corrected chi connectivity index (χ4v) is 4.27. The number of nitrogen functional groups attached to an aromatic ring is 1. The van der Waals surface area contributed by atoms with Gasteiger partial charge in [-0.05, 0) is 69.3 Å². The first-order valence-electron chi connectivity index (χ1n) is 11.5. The molecule has 3 N–H and O–H groups in total. The zero-order chi connectivity index (χ0) is 23.8. The Balaban J connectivity index is 1.52. The highest BCUT2D eigenvalue weighted by Gasteiger charge is 2.25. The van der Waals surface area contributed by atoms with Crippen LogP contribution in [0.4, 0.5) is 5.82 Å². The number of ether oxygens (including phenoxy) is 2. The number of aryl methyl sites for hydroxylation is 1. The van der Waals surface area contributed by atoms with E-state index in [-0.39, 0.29) is 36.9 Å². The summed E-state index contributed by atoms with van der Waals surface area (Å²) >= 11 is 0. The first kappa shape index (κ1) is 24.7. The lowest BCUT2D eigenvalue weighted by atomic mass is 9.90. The van der Waals surface area contributed by atoms with E-state index in [2.05, 4.69) is 22.0 Å². The van der Waals surface area contributed by atoms with Crippen molar-refractivity contribution in [2.45, 2.75) is 39.2 Å². The molecule has 1 aliphatic rings. The Labute approximate surface area is 193 Å². The third kappa shape index (κ3) is 6.55. The number of aromatic nitrogens is 2. The van der Waals surface area contributed by atoms with Gasteiger partial charge in [-0.3, -0.25) is 24.0 Å². The van der Waals surface area contributed by atoms with Gasteiger partial charge in [-0.25, -0.2) is 4.79 Å². The van der Waals surface area contributed by atoms with Crippen molar-refractivity contribution in [3.05, 3.63) is 56.2 Å². The number of nitrogens with zero attached hydrogens (tertiary/aromatic N) is 2. The Hall–Kier alpha value is -2.91. The van der Waals surface area contributed by atoms with Crippen LogP contribution in [0, 0.1) is 5.92 Å². The van der Waals surface area contributed by atoms with Crippen LogP contribution in [-0.2, 0) is 17.7 Å². The molecule has 9 nitrogen and oxygen atoms in total. The van der Waals surface area contributed by atoms with Crippen molar-refractivity contribution < 1.29 is 14.3 Å². The Kier molecular flexibility index (Phi) is 8.85. The maximum Gasteiger partial charge on any atom is 0.330 e. The van der Waals surface area contributed by atoms with Gasteiger partial charge in [-0.15, -0.1) is 0 Å². The normalized spacial score (nSPS) is 15.0. The van der Waals surface area contributed by atoms with Gasteiger partial charge in [0.05, 0.1) is 26.3 Å². The molecular formula is C24H34N4O5. The van der Waals surface area contributed by atoms with Gasteiger partial charge in [0.15, 0.2) is 5.78 Å². The number of methoxy groups -OCH3 is 1. The number of likely N-dealkylation sites (tertiary alicyclic amines) is 1. The predicted octanol–water partition coefficient (Wildman–Crippen LogP) is 1.69. The van der Waals surface area contributed by atoms with E-state index in [0.29, 0.717) is 12.5 Å². The summed E-state index contributed by atoms with van der Waals surface area (Å²) in [5, 5.41) is 0. The summed E-state index contributed by atoms with van der Waals surface area (Å²) in [6, 6.07) is 8.26. The number of anilines is 1. The summed E-state index contributed by atoms with van der Waals surface area (Å²) in [5.41, 5.74) is 5.79. The van der Waals surface area contributed by atoms with Gasteiger partial charge >= 0.3 is 5.69 Å². The van der Waals surface area contributed by atoms with Crippen molar-refractivity contribution in [2.24, 2.45) is 5.92 Å². The van der Waals surface area contributed by atoms with Crippen LogP contribution < -0.4 is 21.7 Å². The molecule has 3 rings (SSSR count). The minimum atomic E-state index is -0.735. The first-order chi connectivity index (χ1) is 15.9. The molecular weight excluding hydrogens is 424 g/mol. The maximum absolute atomic E-state index is 12.9. The number of hydrogen-bond acceptors (Lipinski definition) is 7. The second-order valence-electron chi connectivity index (χ2n) is 8.42. The molecule has 2 heterocycles. The molecule has 180 valence electrons. The molecule has 0 unspecified atom stereocenters. The molecule has 0 amide bonds. The smallest absolute Gasteiger partial charge is 0.330 e. The molecule has 0 radical (unpaired) electrons. The van der Waals surface area contributed by atoms with Crippen LogP contribution in [-0.4, -0.2) is 60.2 Å². The Morgan fingerprint density at radius 2 is 1.88 bits per heavy atom. The molecule has 1 aromatic heterocycles. The molecule has 0 saturated carbocycles. The van der Waals surface area contributed by atoms with Gasteiger partial charge in [-0.2, -0.15) is 0 Å². The summed E-state index contributed by atoms with van der Waals surface area (Å²) in [6.45, 7) is 4.75. The van der Waals surface area contributed by atoms with E-state index < -0.39 is 11.2 Å². The Morgan fingerprint density at radius 3 is 2.52 bits per heavy atom. The number of carbonyl (C=O) groups is 1. The molecule has 1 aliphatic heterocycles. The van der Waals surface area contributed by atoms with E-state index in [0.717, 1.165) is 44.5 Å². The first-order valence-corrected chi connectivity index (χ1v) is 11.5. The number of piperidine rings is 1. The monoisotopic (exact) mass is 458 g/mol. The van der Waals surface area contributed by atoms with E-state index in [1.165, 1.54) is 17.2 Å². The number of H-pyrrole nitrogens is 1. The number of hydrogen-bond donors (Lipinski definition) is 2. The van der Waals surface area contributed by atoms with E-state index in [1.807, 2.05) is 19.1 Å². The van der Waals surface area contributed by atoms with Gasteiger partial charge < -0.3 is 15.2 Å². The lowest BCUT2D eigenvalue weighted by Crippen LogP contribution is -2.41. The van der Waals surface area contributed by atoms with Crippen molar-refractivity contribution in [3.63, 3.8) is 0 Å². The largest absolute Gasteiger partial charge is 0.494 e. The van der Waals surface area contributed by atoms with Crippen molar-refractivity contribution in [1.29, 1.82) is 0 Å². The highest BCUT2D eigenvalue weighted by atomic mass is 16.5. The van der Waals surface area contributed by atoms with E-state index in [4.69, 9.17) is 15.2 Å². The number of rotatable bonds is 11. The summed E-state index contributed by atoms with van der Waals surface area (Å²) in [7, 11) is 1.50. The minimum absolute atomic E-state index is 0.101. The molecule has 0 bridgehead atoms. The third-order valence-corrected chi connectivity index (χ3v) is 6.19. The zero-order valence-corrected chi connectivity index (χ0v) is 19.5. The summed E-state index contributed by atoms with van der Waals surface area (Å²) in [4.78, 5) is 41.4. The summed E-state index contributed by atoms with van der Waals surface area (Å²) in [5.74, 6) is 1.03. The fraction of sp³-hybridized carbons (Fsp3) is 0.542. The molecule has 0 spiro atoms. The van der Waals surface area contributed by atoms with Crippen LogP contribution >= 0.6 is 0 Å². The molecule has 0 aliphatic carbocycles. The molecule has 1 fully saturated rings. The Morgan fingerprint density at radius 1 is 1.18 bits per heavy atom. The number of ketones is 1. The fourth-order valence-electron chi connectivity index (χ4n) is 4.27. The predicted molar refractivity (Wildman–Crippen MR) is 127 cm³/mol. The quantitative estimate of drug-likeness (QED) is 0.492. The second-order valence-corrected chi connectivity index (χ2v) is 8.42. The van der Waals surface area contributed by atoms with E-state index in [9.17, 15) is 14.4 Å². The van der Waals surface area contributed by atoms with Crippen LogP contribution in [0.5, 0.6) is 5.75 Å². The molecule has 1 aromatic carbocycles. The summed E-state index contributed by atoms with van der Waals surface area (Å²) < 4.78 is 11.6. The number of Topliss-reactive ketones (excluding diaryl/α,β-unsaturated/α-hetero) is 1. The summed E-state index contributed by atoms with van der Waals surface area (Å²) in [6.07, 6.45) is 4.13. The topological polar surface area (TPSA) is 120 Å². The van der Waals surface area contributed by atoms with Gasteiger partial charge in [0.2, 0.25) is 0 Å². The number of nitrogens with one attached hydrogen (secondary N) is 1. The van der Waals surface area contributed by atoms with E-state index in [1.54, 1.807) is 0 Å². The molecule has 0 atom stereocenters. The maximum atomic E-state index is 12.9. The number of benzene rings is 1. The van der Waals surface area contributed by atoms with Crippen LogP contribution in [0.3, 0.4) is 0 Å². The van der Waals surface area contributed by atoms with Gasteiger partial charge in [-0.1, -0.05) is 12.1 Å². The van der Waals surface area contributed by atoms with Crippen molar-refractivity contribution in [3.8, 4) is 5.75 Å². The lowest BCUT2D eigenvalue weighted by Gasteiger charge is -2.31. The molecule has 9 heteroatoms. The van der Waals surface area contributed by atoms with Crippen LogP contribution in [0.2, 0.25) is 0 Å². The number of nitrogens with two attached hydrogens (primary N) is 1. The molecule has 2 aromatic rings. The van der Waals surface area contributed by atoms with Crippen molar-refractivity contribution in [1.82, 2.24) is 14.5 Å². The third-order valence-electron chi connectivity index (χ3n) is 6.19. The molecule has 1 saturated heterocycles. The second kappa shape index (κ2) is 11.8. The minimum Gasteiger partial charge on any atom is -0.494 e. The SMILES string of the molecule is CCOc1ccc(CCC2CCN(CC(=O)c3c(N)n(CCOC)c(=O)[nH]c3=O)CC2)cc1. The van der Waals surface area contributed by atoms with Crippen LogP contribution in [0.1, 0.15) is 42.1 Å². The standard InChI is InChI=1S/C24H34N4O5/c1-3-33-19-8-6-17(7-9-19)4-5-18-10-12-27(13-11-18)16-20(29)21-22(25)28(14-15-32-2)24(31)26-23(21)30/h6-9,18H,3-5,10-16,25H2,1-2H3,(H,26,30,31). The van der Waals surface area contributed by atoms with Gasteiger partial charge in [0.25, 0.3) is 5.56 Å². The van der Waals surface area contributed by atoms with Gasteiger partial charge in [0.1, 0.15) is 17.1 Å². The highest BCUT2D eigenvalue weighted by molar-refractivity contribution is 6.01. The van der Waals surface area contributed by atoms with Gasteiger partial charge in [0, 0.05) is 7.11 Å². The van der Waals surface area contributed by atoms with Crippen molar-refractivity contribution in [2.75, 3.05) is 45.7 Å². The number of carbonyl (C=O) groups excluding carboxylic acids is 1. The highest BCUT2D eigenvalue weighted by Crippen LogP contribution is 2.23. The molecule has 33 heavy (non-hydrogen) atoms. The number of aromatic amines is 1. The van der Waals surface area contributed by atoms with Crippen molar-refractivity contribution >= 4 is 11.6 Å². The average molecular weight is 459 g/mol. The lowest BCUT2D eigenvalue weighted by molar-refractivity contribution is 0.0891. The van der Waals surface area contributed by atoms with Crippen LogP contribution in [0.15, 0.2) is 33.9 Å². The zero-order valence-electron chi connectivity index (χ0n) is 19.5.